The van der Waals surface area contributed by atoms with Crippen molar-refractivity contribution in [2.24, 2.45) is 16.1 Å². The van der Waals surface area contributed by atoms with Crippen LogP contribution in [0.1, 0.15) is 71.1 Å². The molecule has 0 aromatic heterocycles. The van der Waals surface area contributed by atoms with Crippen molar-refractivity contribution in [3.63, 3.8) is 0 Å². The van der Waals surface area contributed by atoms with Gasteiger partial charge in [-0.2, -0.15) is 10.2 Å². The molecule has 2 aromatic rings. The summed E-state index contributed by atoms with van der Waals surface area (Å²) in [5.41, 5.74) is 1.62. The Morgan fingerprint density at radius 2 is 1.43 bits per heavy atom. The highest BCUT2D eigenvalue weighted by atomic mass is 16.5. The van der Waals surface area contributed by atoms with E-state index in [1.54, 1.807) is 0 Å². The molecule has 3 rings (SSSR count). The van der Waals surface area contributed by atoms with Gasteiger partial charge in [0.1, 0.15) is 0 Å². The van der Waals surface area contributed by atoms with Gasteiger partial charge in [-0.1, -0.05) is 70.1 Å². The maximum absolute atomic E-state index is 6.10. The predicted molar refractivity (Wildman–Crippen MR) is 123 cm³/mol. The van der Waals surface area contributed by atoms with Crippen LogP contribution in [0.5, 0.6) is 11.5 Å². The van der Waals surface area contributed by atoms with E-state index in [1.165, 1.54) is 57.8 Å². The zero-order valence-electron chi connectivity index (χ0n) is 18.4. The lowest BCUT2D eigenvalue weighted by atomic mass is 10.1. The molecule has 0 unspecified atom stereocenters. The summed E-state index contributed by atoms with van der Waals surface area (Å²) in [5.74, 6) is 2.31. The summed E-state index contributed by atoms with van der Waals surface area (Å²) in [7, 11) is 0. The third-order valence-corrected chi connectivity index (χ3v) is 5.39. The molecule has 2 aromatic carbocycles. The van der Waals surface area contributed by atoms with Gasteiger partial charge in [0.2, 0.25) is 0 Å². The second-order valence-corrected chi connectivity index (χ2v) is 8.24. The smallest absolute Gasteiger partial charge is 0.163 e. The van der Waals surface area contributed by atoms with E-state index in [1.807, 2.05) is 48.5 Å². The number of rotatable bonds is 15. The molecule has 0 bridgehead atoms. The Morgan fingerprint density at radius 3 is 2.17 bits per heavy atom. The molecular weight excluding hydrogens is 372 g/mol. The molecule has 0 spiro atoms. The van der Waals surface area contributed by atoms with Crippen LogP contribution in [0.2, 0.25) is 0 Å². The van der Waals surface area contributed by atoms with Crippen molar-refractivity contribution in [2.75, 3.05) is 13.2 Å². The molecule has 0 N–H and O–H groups in total. The monoisotopic (exact) mass is 408 g/mol. The summed E-state index contributed by atoms with van der Waals surface area (Å²) in [6.45, 7) is 3.75. The van der Waals surface area contributed by atoms with E-state index in [2.05, 4.69) is 17.2 Å². The highest BCUT2D eigenvalue weighted by Gasteiger charge is 2.22. The number of benzene rings is 2. The number of hydrogen-bond donors (Lipinski definition) is 0. The standard InChI is InChI=1S/C26H36N2O2/c1-2-3-4-5-6-7-8-12-19-29-26-20-24(28-27-23-13-10-9-11-14-23)17-18-25(26)30-21-22-15-16-22/h9-11,13-14,17-18,20,22H,2-8,12,15-16,19,21H2,1H3/b28-27+. The lowest BCUT2D eigenvalue weighted by Crippen LogP contribution is -2.03. The third-order valence-electron chi connectivity index (χ3n) is 5.39. The van der Waals surface area contributed by atoms with E-state index >= 15 is 0 Å². The molecule has 0 heterocycles. The SMILES string of the molecule is CCCCCCCCCCOc1cc(/N=N/c2ccccc2)ccc1OCC1CC1. The first kappa shape index (κ1) is 22.3. The Hall–Kier alpha value is -2.36. The van der Waals surface area contributed by atoms with E-state index in [9.17, 15) is 0 Å². The van der Waals surface area contributed by atoms with Gasteiger partial charge in [-0.05, 0) is 49.4 Å². The Balaban J connectivity index is 1.49. The molecule has 4 nitrogen and oxygen atoms in total. The summed E-state index contributed by atoms with van der Waals surface area (Å²) >= 11 is 0. The van der Waals surface area contributed by atoms with Gasteiger partial charge in [-0.15, -0.1) is 0 Å². The molecule has 162 valence electrons. The normalized spacial score (nSPS) is 13.6. The molecule has 0 amide bonds. The van der Waals surface area contributed by atoms with Crippen LogP contribution in [-0.2, 0) is 0 Å². The molecule has 1 saturated carbocycles. The van der Waals surface area contributed by atoms with Gasteiger partial charge in [0, 0.05) is 6.07 Å². The van der Waals surface area contributed by atoms with Gasteiger partial charge in [0.15, 0.2) is 11.5 Å². The molecule has 0 atom stereocenters. The van der Waals surface area contributed by atoms with E-state index in [0.717, 1.165) is 35.9 Å². The van der Waals surface area contributed by atoms with Crippen molar-refractivity contribution in [3.05, 3.63) is 48.5 Å². The second kappa shape index (κ2) is 13.0. The largest absolute Gasteiger partial charge is 0.490 e. The fourth-order valence-corrected chi connectivity index (χ4v) is 3.31. The van der Waals surface area contributed by atoms with Crippen LogP contribution in [0.25, 0.3) is 0 Å². The van der Waals surface area contributed by atoms with Crippen LogP contribution < -0.4 is 9.47 Å². The number of ether oxygens (including phenoxy) is 2. The Kier molecular flexibility index (Phi) is 9.71. The first-order chi connectivity index (χ1) is 14.8. The third kappa shape index (κ3) is 8.56. The van der Waals surface area contributed by atoms with Crippen LogP contribution in [0.15, 0.2) is 58.8 Å². The summed E-state index contributed by atoms with van der Waals surface area (Å²) < 4.78 is 12.1. The van der Waals surface area contributed by atoms with Gasteiger partial charge in [-0.25, -0.2) is 0 Å². The number of nitrogens with zero attached hydrogens (tertiary/aromatic N) is 2. The maximum Gasteiger partial charge on any atom is 0.163 e. The van der Waals surface area contributed by atoms with E-state index in [0.29, 0.717) is 12.5 Å². The molecule has 1 fully saturated rings. The lowest BCUT2D eigenvalue weighted by molar-refractivity contribution is 0.256. The van der Waals surface area contributed by atoms with Crippen LogP contribution in [-0.4, -0.2) is 13.2 Å². The van der Waals surface area contributed by atoms with Crippen LogP contribution in [0.4, 0.5) is 11.4 Å². The van der Waals surface area contributed by atoms with E-state index in [-0.39, 0.29) is 0 Å². The first-order valence-electron chi connectivity index (χ1n) is 11.7. The number of hydrogen-bond acceptors (Lipinski definition) is 4. The Labute approximate surface area is 181 Å². The lowest BCUT2D eigenvalue weighted by Gasteiger charge is -2.13. The van der Waals surface area contributed by atoms with Gasteiger partial charge in [0.25, 0.3) is 0 Å². The highest BCUT2D eigenvalue weighted by Crippen LogP contribution is 2.35. The summed E-state index contributed by atoms with van der Waals surface area (Å²) in [4.78, 5) is 0. The molecular formula is C26H36N2O2. The van der Waals surface area contributed by atoms with Crippen molar-refractivity contribution in [1.29, 1.82) is 0 Å². The second-order valence-electron chi connectivity index (χ2n) is 8.24. The highest BCUT2D eigenvalue weighted by molar-refractivity contribution is 5.51. The first-order valence-corrected chi connectivity index (χ1v) is 11.7. The van der Waals surface area contributed by atoms with Gasteiger partial charge in [0.05, 0.1) is 24.6 Å². The minimum absolute atomic E-state index is 0.711. The van der Waals surface area contributed by atoms with Crippen molar-refractivity contribution in [2.45, 2.75) is 71.1 Å². The van der Waals surface area contributed by atoms with Crippen LogP contribution >= 0.6 is 0 Å². The minimum Gasteiger partial charge on any atom is -0.490 e. The average molecular weight is 409 g/mol. The molecule has 1 aliphatic rings. The van der Waals surface area contributed by atoms with Crippen molar-refractivity contribution in [3.8, 4) is 11.5 Å². The predicted octanol–water partition coefficient (Wildman–Crippen LogP) is 8.41. The quantitative estimate of drug-likeness (QED) is 0.219. The fraction of sp³-hybridized carbons (Fsp3) is 0.538. The summed E-state index contributed by atoms with van der Waals surface area (Å²) in [6.07, 6.45) is 12.9. The van der Waals surface area contributed by atoms with Crippen molar-refractivity contribution < 1.29 is 9.47 Å². The maximum atomic E-state index is 6.10. The Morgan fingerprint density at radius 1 is 0.733 bits per heavy atom. The molecule has 30 heavy (non-hydrogen) atoms. The van der Waals surface area contributed by atoms with Gasteiger partial charge < -0.3 is 9.47 Å². The molecule has 4 heteroatoms. The summed E-state index contributed by atoms with van der Waals surface area (Å²) in [6, 6.07) is 15.6. The topological polar surface area (TPSA) is 43.2 Å². The number of azo groups is 1. The van der Waals surface area contributed by atoms with Crippen molar-refractivity contribution in [1.82, 2.24) is 0 Å². The Bertz CT molecular complexity index is 757. The van der Waals surface area contributed by atoms with Gasteiger partial charge in [-0.3, -0.25) is 0 Å². The fourth-order valence-electron chi connectivity index (χ4n) is 3.31. The molecule has 1 aliphatic carbocycles. The molecule has 0 radical (unpaired) electrons. The minimum atomic E-state index is 0.711. The van der Waals surface area contributed by atoms with E-state index in [4.69, 9.17) is 9.47 Å². The zero-order valence-corrected chi connectivity index (χ0v) is 18.4. The van der Waals surface area contributed by atoms with Gasteiger partial charge >= 0.3 is 0 Å². The van der Waals surface area contributed by atoms with E-state index < -0.39 is 0 Å². The zero-order chi connectivity index (χ0) is 20.9. The van der Waals surface area contributed by atoms with Crippen LogP contribution in [0.3, 0.4) is 0 Å². The molecule has 0 saturated heterocycles. The summed E-state index contributed by atoms with van der Waals surface area (Å²) in [5, 5.41) is 8.68. The number of unbranched alkanes of at least 4 members (excludes halogenated alkanes) is 7. The average Bonchev–Trinajstić information content (AvgIpc) is 3.61. The molecule has 0 aliphatic heterocycles. The van der Waals surface area contributed by atoms with Crippen LogP contribution in [0, 0.1) is 5.92 Å². The van der Waals surface area contributed by atoms with Crippen molar-refractivity contribution >= 4 is 11.4 Å².